The molecule has 0 saturated carbocycles. The maximum absolute atomic E-state index is 14.6. The number of para-hydroxylation sites is 1. The van der Waals surface area contributed by atoms with Crippen molar-refractivity contribution in [3.8, 4) is 5.75 Å². The van der Waals surface area contributed by atoms with Gasteiger partial charge in [-0.1, -0.05) is 96.6 Å². The summed E-state index contributed by atoms with van der Waals surface area (Å²) >= 11 is 0. The molecule has 0 amide bonds. The zero-order valence-corrected chi connectivity index (χ0v) is 22.2. The second-order valence-corrected chi connectivity index (χ2v) is 10.8. The summed E-state index contributed by atoms with van der Waals surface area (Å²) in [6.45, 7) is 1.98. The first-order valence-electron chi connectivity index (χ1n) is 13.5. The van der Waals surface area contributed by atoms with Gasteiger partial charge in [0, 0.05) is 28.3 Å². The van der Waals surface area contributed by atoms with E-state index in [9.17, 15) is 14.4 Å². The van der Waals surface area contributed by atoms with Crippen LogP contribution in [0.2, 0.25) is 0 Å². The van der Waals surface area contributed by atoms with E-state index in [-0.39, 0.29) is 17.3 Å². The third-order valence-corrected chi connectivity index (χ3v) is 8.79. The van der Waals surface area contributed by atoms with Gasteiger partial charge in [0.15, 0.2) is 17.3 Å². The molecular formula is C35H27NO4. The number of hydrogen-bond donors (Lipinski definition) is 0. The molecule has 1 fully saturated rings. The van der Waals surface area contributed by atoms with Crippen LogP contribution in [0.15, 0.2) is 103 Å². The second kappa shape index (κ2) is 8.88. The quantitative estimate of drug-likeness (QED) is 0.231. The maximum atomic E-state index is 14.6. The molecule has 0 bridgehead atoms. The number of nitrogens with zero attached hydrogens (tertiary/aromatic N) is 1. The molecule has 0 N–H and O–H groups in total. The van der Waals surface area contributed by atoms with Crippen molar-refractivity contribution in [1.82, 2.24) is 0 Å². The van der Waals surface area contributed by atoms with Crippen LogP contribution in [-0.4, -0.2) is 36.5 Å². The molecular weight excluding hydrogens is 498 g/mol. The Labute approximate surface area is 232 Å². The van der Waals surface area contributed by atoms with Crippen LogP contribution in [0.1, 0.15) is 53.7 Å². The summed E-state index contributed by atoms with van der Waals surface area (Å²) in [5.41, 5.74) is 3.46. The van der Waals surface area contributed by atoms with Crippen molar-refractivity contribution in [3.63, 3.8) is 0 Å². The minimum absolute atomic E-state index is 0.121. The highest BCUT2D eigenvalue weighted by Crippen LogP contribution is 2.61. The highest BCUT2D eigenvalue weighted by Gasteiger charge is 2.71. The highest BCUT2D eigenvalue weighted by molar-refractivity contribution is 6.32. The third-order valence-electron chi connectivity index (χ3n) is 8.79. The van der Waals surface area contributed by atoms with Crippen LogP contribution < -0.4 is 9.64 Å². The molecule has 0 unspecified atom stereocenters. The van der Waals surface area contributed by atoms with Gasteiger partial charge in [-0.3, -0.25) is 14.4 Å². The SMILES string of the molecule is COc1ccc([C@@H]2[C@H](C(=O)c3ccc(C)cc3)N3c4ccccc4C=C[C@@H]3C23C(=O)c2ccccc2C3=O)cc1. The van der Waals surface area contributed by atoms with Crippen molar-refractivity contribution in [2.24, 2.45) is 5.41 Å². The number of benzene rings is 4. The van der Waals surface area contributed by atoms with Crippen LogP contribution in [0.3, 0.4) is 0 Å². The maximum Gasteiger partial charge on any atom is 0.185 e. The van der Waals surface area contributed by atoms with Gasteiger partial charge in [0.25, 0.3) is 0 Å². The van der Waals surface area contributed by atoms with E-state index in [1.807, 2.05) is 96.8 Å². The van der Waals surface area contributed by atoms with Gasteiger partial charge in [0.1, 0.15) is 17.2 Å². The fourth-order valence-corrected chi connectivity index (χ4v) is 6.99. The van der Waals surface area contributed by atoms with Gasteiger partial charge in [-0.15, -0.1) is 0 Å². The second-order valence-electron chi connectivity index (χ2n) is 10.8. The van der Waals surface area contributed by atoms with Crippen LogP contribution in [0.5, 0.6) is 5.75 Å². The molecule has 4 aromatic rings. The Kier molecular flexibility index (Phi) is 5.39. The summed E-state index contributed by atoms with van der Waals surface area (Å²) < 4.78 is 5.42. The van der Waals surface area contributed by atoms with Crippen LogP contribution >= 0.6 is 0 Å². The smallest absolute Gasteiger partial charge is 0.185 e. The first kappa shape index (κ1) is 24.3. The van der Waals surface area contributed by atoms with E-state index in [0.717, 1.165) is 22.4 Å². The summed E-state index contributed by atoms with van der Waals surface area (Å²) in [4.78, 5) is 46.0. The summed E-state index contributed by atoms with van der Waals surface area (Å²) in [6, 6.07) is 28.4. The lowest BCUT2D eigenvalue weighted by Gasteiger charge is -2.37. The number of anilines is 1. The molecule has 3 atom stereocenters. The lowest BCUT2D eigenvalue weighted by Crippen LogP contribution is -2.48. The van der Waals surface area contributed by atoms with Crippen LogP contribution in [-0.2, 0) is 0 Å². The molecule has 196 valence electrons. The molecule has 2 heterocycles. The summed E-state index contributed by atoms with van der Waals surface area (Å²) in [5.74, 6) is -0.656. The van der Waals surface area contributed by atoms with E-state index < -0.39 is 23.4 Å². The number of hydrogen-bond acceptors (Lipinski definition) is 5. The number of ether oxygens (including phenoxy) is 1. The molecule has 2 aliphatic heterocycles. The van der Waals surface area contributed by atoms with E-state index in [0.29, 0.717) is 22.4 Å². The molecule has 7 rings (SSSR count). The summed E-state index contributed by atoms with van der Waals surface area (Å²) in [5, 5.41) is 0. The van der Waals surface area contributed by atoms with Crippen molar-refractivity contribution in [1.29, 1.82) is 0 Å². The van der Waals surface area contributed by atoms with Gasteiger partial charge in [-0.2, -0.15) is 0 Å². The van der Waals surface area contributed by atoms with Gasteiger partial charge in [-0.25, -0.2) is 0 Å². The van der Waals surface area contributed by atoms with Crippen molar-refractivity contribution in [2.75, 3.05) is 12.0 Å². The van der Waals surface area contributed by atoms with Gasteiger partial charge in [-0.05, 0) is 36.2 Å². The Morgan fingerprint density at radius 2 is 1.43 bits per heavy atom. The molecule has 0 aromatic heterocycles. The van der Waals surface area contributed by atoms with Crippen LogP contribution in [0, 0.1) is 12.3 Å². The summed E-state index contributed by atoms with van der Waals surface area (Å²) in [7, 11) is 1.60. The fraction of sp³-hybridized carbons (Fsp3) is 0.171. The average Bonchev–Trinajstić information content (AvgIpc) is 3.43. The van der Waals surface area contributed by atoms with E-state index in [1.165, 1.54) is 0 Å². The Morgan fingerprint density at radius 3 is 2.08 bits per heavy atom. The molecule has 5 heteroatoms. The van der Waals surface area contributed by atoms with E-state index in [1.54, 1.807) is 31.4 Å². The summed E-state index contributed by atoms with van der Waals surface area (Å²) in [6.07, 6.45) is 3.93. The highest BCUT2D eigenvalue weighted by atomic mass is 16.5. The van der Waals surface area contributed by atoms with Gasteiger partial charge >= 0.3 is 0 Å². The number of aryl methyl sites for hydroxylation is 1. The minimum Gasteiger partial charge on any atom is -0.497 e. The molecule has 3 aliphatic rings. The van der Waals surface area contributed by atoms with Gasteiger partial charge in [0.05, 0.1) is 13.2 Å². The predicted molar refractivity (Wildman–Crippen MR) is 154 cm³/mol. The molecule has 4 aromatic carbocycles. The zero-order chi connectivity index (χ0) is 27.6. The van der Waals surface area contributed by atoms with Crippen molar-refractivity contribution < 1.29 is 19.1 Å². The van der Waals surface area contributed by atoms with Crippen LogP contribution in [0.4, 0.5) is 5.69 Å². The first-order chi connectivity index (χ1) is 19.5. The number of methoxy groups -OCH3 is 1. The predicted octanol–water partition coefficient (Wildman–Crippen LogP) is 6.32. The molecule has 5 nitrogen and oxygen atoms in total. The number of carbonyl (C=O) groups excluding carboxylic acids is 3. The standard InChI is InChI=1S/C35H27NO4/c1-21-11-13-24(14-12-21)32(37)31-30(23-15-18-25(40-2)19-16-23)35(33(38)26-8-4-5-9-27(26)34(35)39)29-20-17-22-7-3-6-10-28(22)36(29)31/h3-20,29-31H,1-2H3/t29-,30-,31-/m1/s1. The Hall–Kier alpha value is -4.77. The number of carbonyl (C=O) groups is 3. The lowest BCUT2D eigenvalue weighted by atomic mass is 9.64. The minimum atomic E-state index is -1.51. The van der Waals surface area contributed by atoms with Crippen molar-refractivity contribution in [2.45, 2.75) is 24.9 Å². The Balaban J connectivity index is 1.53. The Morgan fingerprint density at radius 1 is 0.800 bits per heavy atom. The van der Waals surface area contributed by atoms with Gasteiger partial charge < -0.3 is 9.64 Å². The zero-order valence-electron chi connectivity index (χ0n) is 22.2. The average molecular weight is 526 g/mol. The van der Waals surface area contributed by atoms with Crippen LogP contribution in [0.25, 0.3) is 6.08 Å². The van der Waals surface area contributed by atoms with Gasteiger partial charge in [0.2, 0.25) is 0 Å². The molecule has 1 aliphatic carbocycles. The lowest BCUT2D eigenvalue weighted by molar-refractivity contribution is 0.0666. The number of Topliss-reactive ketones (excluding diaryl/α,β-unsaturated/α-hetero) is 3. The third kappa shape index (κ3) is 3.18. The van der Waals surface area contributed by atoms with Crippen molar-refractivity contribution in [3.05, 3.63) is 137 Å². The molecule has 40 heavy (non-hydrogen) atoms. The number of fused-ring (bicyclic) bond motifs is 5. The molecule has 1 saturated heterocycles. The largest absolute Gasteiger partial charge is 0.497 e. The monoisotopic (exact) mass is 525 g/mol. The van der Waals surface area contributed by atoms with E-state index >= 15 is 0 Å². The van der Waals surface area contributed by atoms with E-state index in [4.69, 9.17) is 4.74 Å². The normalized spacial score (nSPS) is 21.8. The topological polar surface area (TPSA) is 63.7 Å². The Bertz CT molecular complexity index is 1680. The first-order valence-corrected chi connectivity index (χ1v) is 13.5. The molecule has 1 spiro atoms. The fourth-order valence-electron chi connectivity index (χ4n) is 6.99. The molecule has 0 radical (unpaired) electrons. The number of ketones is 3. The van der Waals surface area contributed by atoms with E-state index in [2.05, 4.69) is 0 Å². The van der Waals surface area contributed by atoms with Crippen molar-refractivity contribution >= 4 is 29.1 Å². The number of rotatable bonds is 4.